The van der Waals surface area contributed by atoms with Crippen molar-refractivity contribution in [3.63, 3.8) is 0 Å². The minimum atomic E-state index is -0.136. The Morgan fingerprint density at radius 2 is 1.26 bits per heavy atom. The van der Waals surface area contributed by atoms with Crippen molar-refractivity contribution >= 4 is 49.8 Å². The van der Waals surface area contributed by atoms with Gasteiger partial charge in [-0.3, -0.25) is 0 Å². The van der Waals surface area contributed by atoms with Crippen molar-refractivity contribution < 1.29 is 4.42 Å². The van der Waals surface area contributed by atoms with Gasteiger partial charge >= 0.3 is 0 Å². The summed E-state index contributed by atoms with van der Waals surface area (Å²) in [4.78, 5) is 2.32. The summed E-state index contributed by atoms with van der Waals surface area (Å²) in [7, 11) is 0. The molecule has 0 amide bonds. The zero-order valence-electron chi connectivity index (χ0n) is 26.2. The summed E-state index contributed by atoms with van der Waals surface area (Å²) in [5.74, 6) is 0. The lowest BCUT2D eigenvalue weighted by Crippen LogP contribution is -2.14. The Morgan fingerprint density at radius 3 is 2.11 bits per heavy atom. The van der Waals surface area contributed by atoms with Gasteiger partial charge in [-0.25, -0.2) is 0 Å². The van der Waals surface area contributed by atoms with Gasteiger partial charge in [-0.15, -0.1) is 0 Å². The quantitative estimate of drug-likeness (QED) is 0.202. The smallest absolute Gasteiger partial charge is 0.137 e. The van der Waals surface area contributed by atoms with E-state index in [0.717, 1.165) is 33.6 Å². The summed E-state index contributed by atoms with van der Waals surface area (Å²) in [6, 6.07) is 52.6. The van der Waals surface area contributed by atoms with Crippen LogP contribution in [0.1, 0.15) is 30.5 Å². The molecule has 0 saturated heterocycles. The number of benzene rings is 7. The number of hydrogen-bond acceptors (Lipinski definition) is 2. The van der Waals surface area contributed by atoms with E-state index in [1.807, 2.05) is 0 Å². The molecule has 1 aromatic heterocycles. The zero-order chi connectivity index (χ0) is 31.0. The van der Waals surface area contributed by atoms with Crippen molar-refractivity contribution in [2.45, 2.75) is 26.2 Å². The zero-order valence-corrected chi connectivity index (χ0v) is 26.2. The first kappa shape index (κ1) is 26.8. The van der Waals surface area contributed by atoms with Gasteiger partial charge in [0.15, 0.2) is 0 Å². The van der Waals surface area contributed by atoms with Crippen LogP contribution in [-0.2, 0) is 5.41 Å². The van der Waals surface area contributed by atoms with Crippen LogP contribution in [0.2, 0.25) is 0 Å². The number of rotatable bonds is 4. The predicted octanol–water partition coefficient (Wildman–Crippen LogP) is 12.5. The highest BCUT2D eigenvalue weighted by molar-refractivity contribution is 6.18. The second kappa shape index (κ2) is 9.95. The molecule has 1 heterocycles. The second-order valence-corrected chi connectivity index (χ2v) is 13.1. The molecule has 0 saturated carbocycles. The van der Waals surface area contributed by atoms with E-state index in [0.29, 0.717) is 0 Å². The molecular formula is C44H33NO. The van der Waals surface area contributed by atoms with Crippen LogP contribution in [0.15, 0.2) is 150 Å². The molecule has 2 nitrogen and oxygen atoms in total. The summed E-state index contributed by atoms with van der Waals surface area (Å²) in [5.41, 5.74) is 14.0. The Morgan fingerprint density at radius 1 is 0.522 bits per heavy atom. The van der Waals surface area contributed by atoms with Gasteiger partial charge in [0.25, 0.3) is 0 Å². The highest BCUT2D eigenvalue weighted by Crippen LogP contribution is 2.55. The third kappa shape index (κ3) is 3.96. The molecule has 9 rings (SSSR count). The van der Waals surface area contributed by atoms with Gasteiger partial charge in [0.2, 0.25) is 0 Å². The monoisotopic (exact) mass is 591 g/mol. The molecule has 0 aliphatic heterocycles. The van der Waals surface area contributed by atoms with E-state index in [9.17, 15) is 0 Å². The molecule has 0 N–H and O–H groups in total. The fourth-order valence-corrected chi connectivity index (χ4v) is 7.66. The third-order valence-corrected chi connectivity index (χ3v) is 9.86. The van der Waals surface area contributed by atoms with E-state index in [1.54, 1.807) is 0 Å². The Labute approximate surface area is 269 Å². The van der Waals surface area contributed by atoms with Crippen molar-refractivity contribution in [2.75, 3.05) is 4.90 Å². The number of anilines is 3. The van der Waals surface area contributed by atoms with E-state index < -0.39 is 0 Å². The highest BCUT2D eigenvalue weighted by Gasteiger charge is 2.38. The molecule has 220 valence electrons. The topological polar surface area (TPSA) is 16.4 Å². The van der Waals surface area contributed by atoms with Crippen molar-refractivity contribution in [1.29, 1.82) is 0 Å². The van der Waals surface area contributed by atoms with Crippen molar-refractivity contribution in [2.24, 2.45) is 0 Å². The Hall–Kier alpha value is -5.60. The molecular weight excluding hydrogens is 558 g/mol. The maximum atomic E-state index is 6.87. The number of hydrogen-bond donors (Lipinski definition) is 0. The fraction of sp³-hybridized carbons (Fsp3) is 0.0909. The van der Waals surface area contributed by atoms with Crippen LogP contribution in [0.3, 0.4) is 0 Å². The summed E-state index contributed by atoms with van der Waals surface area (Å²) in [6.45, 7) is 6.85. The first-order valence-corrected chi connectivity index (χ1v) is 16.0. The van der Waals surface area contributed by atoms with Gasteiger partial charge in [0.1, 0.15) is 11.2 Å². The minimum absolute atomic E-state index is 0.136. The van der Waals surface area contributed by atoms with Crippen LogP contribution < -0.4 is 4.90 Å². The molecule has 0 unspecified atom stereocenters. The maximum absolute atomic E-state index is 6.87. The van der Waals surface area contributed by atoms with Gasteiger partial charge in [0, 0.05) is 44.9 Å². The Balaban J connectivity index is 1.32. The standard InChI is InChI=1S/C44H33NO/c1-28-12-11-15-31(24-28)41-42-35-18-9-10-19-37(35)44(2,3)38(42)27-40-43(41)36-23-22-34(26-39(36)46-40)45(32-16-5-4-6-17-32)33-21-20-29-13-7-8-14-30(29)25-33/h4-27H,1-3H3. The molecule has 8 aromatic rings. The van der Waals surface area contributed by atoms with Crippen LogP contribution in [0, 0.1) is 6.92 Å². The average Bonchev–Trinajstić information content (AvgIpc) is 3.56. The number of aryl methyl sites for hydroxylation is 1. The molecule has 2 heteroatoms. The normalized spacial score (nSPS) is 13.3. The first-order chi connectivity index (χ1) is 22.5. The highest BCUT2D eigenvalue weighted by atomic mass is 16.3. The summed E-state index contributed by atoms with van der Waals surface area (Å²) >= 11 is 0. The first-order valence-electron chi connectivity index (χ1n) is 16.0. The van der Waals surface area contributed by atoms with Gasteiger partial charge in [0.05, 0.1) is 0 Å². The molecule has 1 aliphatic rings. The minimum Gasteiger partial charge on any atom is -0.456 e. The predicted molar refractivity (Wildman–Crippen MR) is 194 cm³/mol. The van der Waals surface area contributed by atoms with Gasteiger partial charge in [-0.1, -0.05) is 116 Å². The van der Waals surface area contributed by atoms with Crippen LogP contribution in [-0.4, -0.2) is 0 Å². The van der Waals surface area contributed by atoms with Crippen molar-refractivity contribution in [1.82, 2.24) is 0 Å². The Kier molecular flexibility index (Phi) is 5.79. The molecule has 1 aliphatic carbocycles. The number of para-hydroxylation sites is 1. The summed E-state index contributed by atoms with van der Waals surface area (Å²) in [6.07, 6.45) is 0. The van der Waals surface area contributed by atoms with Crippen molar-refractivity contribution in [3.8, 4) is 22.3 Å². The van der Waals surface area contributed by atoms with Crippen molar-refractivity contribution in [3.05, 3.63) is 162 Å². The van der Waals surface area contributed by atoms with Crippen LogP contribution in [0.4, 0.5) is 17.1 Å². The number of nitrogens with zero attached hydrogens (tertiary/aromatic N) is 1. The van der Waals surface area contributed by atoms with Gasteiger partial charge < -0.3 is 9.32 Å². The Bertz CT molecular complexity index is 2470. The third-order valence-electron chi connectivity index (χ3n) is 9.86. The molecule has 0 radical (unpaired) electrons. The van der Waals surface area contributed by atoms with E-state index in [4.69, 9.17) is 4.42 Å². The maximum Gasteiger partial charge on any atom is 0.137 e. The molecule has 0 bridgehead atoms. The van der Waals surface area contributed by atoms with E-state index in [1.165, 1.54) is 55.1 Å². The molecule has 0 atom stereocenters. The molecule has 7 aromatic carbocycles. The van der Waals surface area contributed by atoms with E-state index in [-0.39, 0.29) is 5.41 Å². The van der Waals surface area contributed by atoms with E-state index >= 15 is 0 Å². The lowest BCUT2D eigenvalue weighted by molar-refractivity contribution is 0.647. The summed E-state index contributed by atoms with van der Waals surface area (Å²) < 4.78 is 6.87. The lowest BCUT2D eigenvalue weighted by Gasteiger charge is -2.25. The molecule has 0 fully saturated rings. The molecule has 46 heavy (non-hydrogen) atoms. The van der Waals surface area contributed by atoms with E-state index in [2.05, 4.69) is 171 Å². The van der Waals surface area contributed by atoms with Crippen LogP contribution in [0.5, 0.6) is 0 Å². The van der Waals surface area contributed by atoms with Crippen LogP contribution in [0.25, 0.3) is 55.0 Å². The van der Waals surface area contributed by atoms with Gasteiger partial charge in [-0.2, -0.15) is 0 Å². The number of furan rings is 1. The molecule has 0 spiro atoms. The summed E-state index contributed by atoms with van der Waals surface area (Å²) in [5, 5.41) is 4.75. The van der Waals surface area contributed by atoms with Crippen LogP contribution >= 0.6 is 0 Å². The number of fused-ring (bicyclic) bond motifs is 7. The lowest BCUT2D eigenvalue weighted by atomic mass is 9.81. The largest absolute Gasteiger partial charge is 0.456 e. The fourth-order valence-electron chi connectivity index (χ4n) is 7.66. The SMILES string of the molecule is Cc1cccc(-c2c3c(cc4oc5cc(N(c6ccccc6)c6ccc7ccccc7c6)ccc5c24)C(C)(C)c2ccccc2-3)c1. The van der Waals surface area contributed by atoms with Gasteiger partial charge in [-0.05, 0) is 88.0 Å². The second-order valence-electron chi connectivity index (χ2n) is 13.1. The average molecular weight is 592 g/mol.